The Morgan fingerprint density at radius 1 is 0.414 bits per heavy atom. The molecule has 1 saturated carbocycles. The Morgan fingerprint density at radius 3 is 1.34 bits per heavy atom. The number of amides is 6. The number of pyridine rings is 2. The Kier molecular flexibility index (Phi) is 20.7. The molecule has 28 heteroatoms. The zero-order chi connectivity index (χ0) is 82.7. The van der Waals surface area contributed by atoms with Crippen molar-refractivity contribution in [2.75, 3.05) is 30.7 Å². The number of carbonyl (C=O) groups is 6. The number of aromatic nitrogens is 6. The van der Waals surface area contributed by atoms with Crippen molar-refractivity contribution in [2.45, 2.75) is 103 Å². The van der Waals surface area contributed by atoms with Gasteiger partial charge >= 0.3 is 18.5 Å². The Labute approximate surface area is 657 Å². The molecule has 3 aliphatic heterocycles. The molecule has 16 rings (SSSR count). The van der Waals surface area contributed by atoms with Crippen LogP contribution in [0.2, 0.25) is 0 Å². The number of alkyl halides is 9. The minimum Gasteiger partial charge on any atom is -0.322 e. The predicted molar refractivity (Wildman–Crippen MR) is 417 cm³/mol. The molecular weight excluding hydrogens is 1510 g/mol. The van der Waals surface area contributed by atoms with Gasteiger partial charge in [-0.3, -0.25) is 48.5 Å². The number of rotatable bonds is 12. The summed E-state index contributed by atoms with van der Waals surface area (Å²) in [5.41, 5.74) is 1.47. The van der Waals surface area contributed by atoms with Gasteiger partial charge in [0, 0.05) is 59.8 Å². The minimum atomic E-state index is -4.82. The Morgan fingerprint density at radius 2 is 0.879 bits per heavy atom. The highest BCUT2D eigenvalue weighted by Gasteiger charge is 2.57. The third-order valence-electron chi connectivity index (χ3n) is 20.9. The van der Waals surface area contributed by atoms with Gasteiger partial charge < -0.3 is 16.0 Å². The SMILES string of the molecule is Cc1ccc(NC(=O)c2cc(-c3cccc4c3C(C)(C)C(=O)N4c3cnccn3)ccc2C(F)(F)F)cc1.Cc1ccc(NC(=O)c2cc(-c3cccc4c3C3(CCC3)C(=O)N4c3ncccn3)ccc2C(F)(F)F)cc1.Cc1ccc(NC(=O)c2cc(-c3ccnc4c3C(C)(C)C(=O)N4c3cccnc3)ccc2C(F)(F)F)cc1F. The largest absolute Gasteiger partial charge is 0.417 e. The number of anilines is 9. The summed E-state index contributed by atoms with van der Waals surface area (Å²) in [6, 6.07) is 44.9. The second-order valence-electron chi connectivity index (χ2n) is 29.2. The van der Waals surface area contributed by atoms with Crippen molar-refractivity contribution in [3.63, 3.8) is 0 Å². The summed E-state index contributed by atoms with van der Waals surface area (Å²) in [7, 11) is 0. The summed E-state index contributed by atoms with van der Waals surface area (Å²) in [6.07, 6.45) is -0.119. The fraction of sp³-hybridized carbons (Fsp3) is 0.182. The van der Waals surface area contributed by atoms with Crippen LogP contribution in [0.1, 0.15) is 128 Å². The minimum absolute atomic E-state index is 0.0188. The van der Waals surface area contributed by atoms with Crippen LogP contribution in [0.3, 0.4) is 0 Å². The molecule has 12 aromatic rings. The van der Waals surface area contributed by atoms with E-state index in [-0.39, 0.29) is 34.9 Å². The molecule has 1 aliphatic carbocycles. The van der Waals surface area contributed by atoms with Gasteiger partial charge in [0.2, 0.25) is 23.7 Å². The molecule has 0 atom stereocenters. The van der Waals surface area contributed by atoms with E-state index in [9.17, 15) is 72.7 Å². The summed E-state index contributed by atoms with van der Waals surface area (Å²) < 4.78 is 139. The van der Waals surface area contributed by atoms with Gasteiger partial charge in [0.15, 0.2) is 5.82 Å². The van der Waals surface area contributed by atoms with Gasteiger partial charge in [-0.15, -0.1) is 0 Å². The van der Waals surface area contributed by atoms with E-state index in [1.807, 2.05) is 13.8 Å². The van der Waals surface area contributed by atoms with E-state index < -0.39 is 91.7 Å². The predicted octanol–water partition coefficient (Wildman–Crippen LogP) is 20.3. The van der Waals surface area contributed by atoms with Crippen molar-refractivity contribution in [1.82, 2.24) is 29.9 Å². The second kappa shape index (κ2) is 30.4. The van der Waals surface area contributed by atoms with Crippen LogP contribution in [0, 0.1) is 26.6 Å². The third-order valence-corrected chi connectivity index (χ3v) is 20.9. The number of benzene rings is 8. The quantitative estimate of drug-likeness (QED) is 0.0971. The van der Waals surface area contributed by atoms with E-state index in [1.54, 1.807) is 155 Å². The highest BCUT2D eigenvalue weighted by Crippen LogP contribution is 2.59. The van der Waals surface area contributed by atoms with Crippen LogP contribution in [0.25, 0.3) is 33.4 Å². The normalized spacial score (nSPS) is 14.8. The first-order valence-electron chi connectivity index (χ1n) is 36.3. The van der Waals surface area contributed by atoms with Gasteiger partial charge in [-0.2, -0.15) is 39.5 Å². The van der Waals surface area contributed by atoms with Gasteiger partial charge in [-0.25, -0.2) is 29.2 Å². The van der Waals surface area contributed by atoms with Crippen molar-refractivity contribution in [3.05, 3.63) is 304 Å². The maximum absolute atomic E-state index is 14.0. The molecule has 0 saturated heterocycles. The lowest BCUT2D eigenvalue weighted by Gasteiger charge is -2.37. The zero-order valence-corrected chi connectivity index (χ0v) is 62.8. The first kappa shape index (κ1) is 79.0. The van der Waals surface area contributed by atoms with E-state index in [0.29, 0.717) is 97.4 Å². The van der Waals surface area contributed by atoms with Gasteiger partial charge in [0.05, 0.1) is 79.1 Å². The Bertz CT molecular complexity index is 5910. The molecule has 0 radical (unpaired) electrons. The van der Waals surface area contributed by atoms with E-state index in [1.165, 1.54) is 95.1 Å². The highest BCUT2D eigenvalue weighted by atomic mass is 19.4. The summed E-state index contributed by atoms with van der Waals surface area (Å²) in [5.74, 6) is -3.16. The van der Waals surface area contributed by atoms with Crippen molar-refractivity contribution in [1.29, 1.82) is 0 Å². The molecule has 18 nitrogen and oxygen atoms in total. The van der Waals surface area contributed by atoms with Crippen LogP contribution < -0.4 is 30.7 Å². The van der Waals surface area contributed by atoms with Crippen molar-refractivity contribution in [2.24, 2.45) is 0 Å². The number of carbonyl (C=O) groups excluding carboxylic acids is 6. The Hall–Kier alpha value is -13.7. The van der Waals surface area contributed by atoms with Crippen molar-refractivity contribution < 1.29 is 72.7 Å². The van der Waals surface area contributed by atoms with Crippen molar-refractivity contribution >= 4 is 87.2 Å². The fourth-order valence-electron chi connectivity index (χ4n) is 14.9. The molecule has 116 heavy (non-hydrogen) atoms. The summed E-state index contributed by atoms with van der Waals surface area (Å²) >= 11 is 0. The first-order valence-corrected chi connectivity index (χ1v) is 36.3. The lowest BCUT2D eigenvalue weighted by Crippen LogP contribution is -2.44. The fourth-order valence-corrected chi connectivity index (χ4v) is 14.9. The zero-order valence-electron chi connectivity index (χ0n) is 62.8. The third kappa shape index (κ3) is 14.8. The van der Waals surface area contributed by atoms with Gasteiger partial charge in [-0.05, 0) is 221 Å². The van der Waals surface area contributed by atoms with Gasteiger partial charge in [0.1, 0.15) is 11.6 Å². The smallest absolute Gasteiger partial charge is 0.322 e. The van der Waals surface area contributed by atoms with Crippen molar-refractivity contribution in [3.8, 4) is 33.4 Å². The number of aryl methyl sites for hydroxylation is 3. The number of nitrogens with one attached hydrogen (secondary N) is 3. The number of hydrogen-bond donors (Lipinski definition) is 3. The van der Waals surface area contributed by atoms with Crippen LogP contribution in [0.15, 0.2) is 232 Å². The highest BCUT2D eigenvalue weighted by molar-refractivity contribution is 6.17. The van der Waals surface area contributed by atoms with E-state index in [0.717, 1.165) is 53.4 Å². The number of nitrogens with zero attached hydrogens (tertiary/aromatic N) is 9. The molecule has 6 amide bonds. The van der Waals surface area contributed by atoms with Crippen LogP contribution in [0.4, 0.5) is 95.6 Å². The number of fused-ring (bicyclic) bond motifs is 4. The maximum Gasteiger partial charge on any atom is 0.417 e. The van der Waals surface area contributed by atoms with E-state index in [4.69, 9.17) is 0 Å². The summed E-state index contributed by atoms with van der Waals surface area (Å²) in [6.45, 7) is 12.2. The summed E-state index contributed by atoms with van der Waals surface area (Å²) in [5, 5.41) is 7.51. The molecular formula is C88H68F10N12O6. The maximum atomic E-state index is 14.0. The first-order chi connectivity index (χ1) is 55.1. The number of hydrogen-bond acceptors (Lipinski definition) is 12. The van der Waals surface area contributed by atoms with Crippen LogP contribution >= 0.6 is 0 Å². The van der Waals surface area contributed by atoms with Crippen LogP contribution in [-0.2, 0) is 49.2 Å². The number of halogens is 10. The lowest BCUT2D eigenvalue weighted by atomic mass is 9.63. The average molecular weight is 1580 g/mol. The molecule has 1 fully saturated rings. The summed E-state index contributed by atoms with van der Waals surface area (Å²) in [4.78, 5) is 110. The Balaban J connectivity index is 0.000000143. The molecule has 0 unspecified atom stereocenters. The monoisotopic (exact) mass is 1580 g/mol. The standard InChI is InChI=1S/C30H23F3N4O2.C29H22F4N4O2.C29H23F3N4O2/c1-18-7-10-20(11-8-18)36-26(38)22-17-19(9-12-23(22)30(31,32)33)21-5-2-6-24-25(21)29(13-3-14-29)27(39)37(24)28-34-15-4-16-35-28;1-16-6-8-18(14-23(16)30)36-26(38)21-13-17(7-9-22(21)29(31,32)33)20-10-12-35-25-24(20)28(2,3)27(39)37(25)19-5-4-11-34-15-19;1-17-7-10-19(11-8-17)35-26(37)21-15-18(9-12-22(21)29(30,31)32)20-5-4-6-23-25(20)28(2,3)27(38)36(23)24-16-33-13-14-34-24/h2,4-12,15-17H,3,13-14H2,1H3,(H,36,38);4-15H,1-3H3,(H,36,38);4-16H,1-3H3,(H,35,37). The van der Waals surface area contributed by atoms with E-state index in [2.05, 4.69) is 45.9 Å². The molecule has 586 valence electrons. The molecule has 7 heterocycles. The molecule has 4 aliphatic rings. The van der Waals surface area contributed by atoms with Gasteiger partial charge in [0.25, 0.3) is 17.7 Å². The lowest BCUT2D eigenvalue weighted by molar-refractivity contribution is -0.138. The molecule has 4 aromatic heterocycles. The average Bonchev–Trinajstić information content (AvgIpc) is 1.55. The topological polar surface area (TPSA) is 226 Å². The van der Waals surface area contributed by atoms with Crippen LogP contribution in [0.5, 0.6) is 0 Å². The van der Waals surface area contributed by atoms with E-state index >= 15 is 0 Å². The van der Waals surface area contributed by atoms with Crippen LogP contribution in [-0.4, -0.2) is 65.3 Å². The molecule has 1 spiro atoms. The molecule has 0 bridgehead atoms. The van der Waals surface area contributed by atoms with Gasteiger partial charge in [-0.1, -0.05) is 90.3 Å². The second-order valence-corrected chi connectivity index (χ2v) is 29.2. The molecule has 8 aromatic carbocycles. The molecule has 3 N–H and O–H groups in total.